The highest BCUT2D eigenvalue weighted by atomic mass is 32.2. The Hall–Kier alpha value is -2.25. The quantitative estimate of drug-likeness (QED) is 0.797. The summed E-state index contributed by atoms with van der Waals surface area (Å²) in [4.78, 5) is 18.2. The first-order valence-electron chi connectivity index (χ1n) is 7.49. The summed E-state index contributed by atoms with van der Waals surface area (Å²) < 4.78 is 25.5. The lowest BCUT2D eigenvalue weighted by Crippen LogP contribution is -2.29. The normalized spacial score (nSPS) is 11.5. The first-order valence-corrected chi connectivity index (χ1v) is 8.93. The van der Waals surface area contributed by atoms with Crippen LogP contribution in [0.25, 0.3) is 0 Å². The van der Waals surface area contributed by atoms with Crippen molar-refractivity contribution in [3.63, 3.8) is 0 Å². The van der Waals surface area contributed by atoms with Crippen LogP contribution in [0.4, 0.5) is 0 Å². The monoisotopic (exact) mass is 347 g/mol. The summed E-state index contributed by atoms with van der Waals surface area (Å²) in [7, 11) is 1.07. The molecule has 2 rings (SSSR count). The van der Waals surface area contributed by atoms with Crippen LogP contribution in [0.2, 0.25) is 0 Å². The standard InChI is InChI=1S/C17H21N3O3S/c1-19(2)24(22,23)16-6-4-5-15(13-16)17(21)20(3)12-9-14-7-10-18-11-8-14/h4-8,10-11,13H,9,12H2,1-3H3. The van der Waals surface area contributed by atoms with Crippen molar-refractivity contribution in [3.8, 4) is 0 Å². The molecule has 0 N–H and O–H groups in total. The lowest BCUT2D eigenvalue weighted by molar-refractivity contribution is 0.0796. The summed E-state index contributed by atoms with van der Waals surface area (Å²) in [6, 6.07) is 9.93. The second kappa shape index (κ2) is 7.55. The molecule has 1 heterocycles. The summed E-state index contributed by atoms with van der Waals surface area (Å²) in [6.45, 7) is 0.535. The molecule has 7 heteroatoms. The molecule has 1 aromatic carbocycles. The van der Waals surface area contributed by atoms with Crippen molar-refractivity contribution in [2.45, 2.75) is 11.3 Å². The molecule has 6 nitrogen and oxygen atoms in total. The van der Waals surface area contributed by atoms with E-state index in [-0.39, 0.29) is 10.8 Å². The van der Waals surface area contributed by atoms with E-state index in [9.17, 15) is 13.2 Å². The number of hydrogen-bond acceptors (Lipinski definition) is 4. The van der Waals surface area contributed by atoms with Crippen molar-refractivity contribution in [3.05, 3.63) is 59.9 Å². The minimum atomic E-state index is -3.56. The Morgan fingerprint density at radius 2 is 1.75 bits per heavy atom. The third kappa shape index (κ3) is 4.18. The molecule has 0 spiro atoms. The molecule has 24 heavy (non-hydrogen) atoms. The highest BCUT2D eigenvalue weighted by Gasteiger charge is 2.19. The first kappa shape index (κ1) is 18.1. The minimum Gasteiger partial charge on any atom is -0.341 e. The predicted molar refractivity (Wildman–Crippen MR) is 92.2 cm³/mol. The summed E-state index contributed by atoms with van der Waals surface area (Å²) in [5.74, 6) is -0.208. The fraction of sp³-hybridized carbons (Fsp3) is 0.294. The zero-order valence-electron chi connectivity index (χ0n) is 14.0. The number of carbonyl (C=O) groups is 1. The maximum Gasteiger partial charge on any atom is 0.253 e. The van der Waals surface area contributed by atoms with E-state index >= 15 is 0 Å². The van der Waals surface area contributed by atoms with Gasteiger partial charge in [-0.1, -0.05) is 6.07 Å². The third-order valence-corrected chi connectivity index (χ3v) is 5.50. The lowest BCUT2D eigenvalue weighted by atomic mass is 10.1. The lowest BCUT2D eigenvalue weighted by Gasteiger charge is -2.18. The predicted octanol–water partition coefficient (Wildman–Crippen LogP) is 1.65. The van der Waals surface area contributed by atoms with Crippen LogP contribution in [0, 0.1) is 0 Å². The van der Waals surface area contributed by atoms with Gasteiger partial charge in [0.05, 0.1) is 4.90 Å². The van der Waals surface area contributed by atoms with Crippen LogP contribution in [0.5, 0.6) is 0 Å². The van der Waals surface area contributed by atoms with Crippen molar-refractivity contribution in [1.82, 2.24) is 14.2 Å². The molecule has 0 aliphatic heterocycles. The summed E-state index contributed by atoms with van der Waals surface area (Å²) in [5.41, 5.74) is 1.45. The summed E-state index contributed by atoms with van der Waals surface area (Å²) in [6.07, 6.45) is 4.14. The Labute approximate surface area is 142 Å². The highest BCUT2D eigenvalue weighted by Crippen LogP contribution is 2.16. The largest absolute Gasteiger partial charge is 0.341 e. The average molecular weight is 347 g/mol. The average Bonchev–Trinajstić information content (AvgIpc) is 2.59. The number of carbonyl (C=O) groups excluding carboxylic acids is 1. The van der Waals surface area contributed by atoms with Crippen molar-refractivity contribution in [1.29, 1.82) is 0 Å². The molecule has 0 saturated carbocycles. The maximum atomic E-state index is 12.5. The number of pyridine rings is 1. The second-order valence-corrected chi connectivity index (χ2v) is 7.80. The van der Waals surface area contributed by atoms with Crippen molar-refractivity contribution < 1.29 is 13.2 Å². The minimum absolute atomic E-state index is 0.112. The van der Waals surface area contributed by atoms with Crippen LogP contribution in [-0.4, -0.2) is 56.2 Å². The smallest absolute Gasteiger partial charge is 0.253 e. The number of amides is 1. The first-order chi connectivity index (χ1) is 11.3. The Bertz CT molecular complexity index is 805. The van der Waals surface area contributed by atoms with Crippen LogP contribution < -0.4 is 0 Å². The van der Waals surface area contributed by atoms with Gasteiger partial charge in [-0.25, -0.2) is 12.7 Å². The molecule has 0 radical (unpaired) electrons. The van der Waals surface area contributed by atoms with E-state index in [1.165, 1.54) is 26.2 Å². The van der Waals surface area contributed by atoms with Crippen molar-refractivity contribution >= 4 is 15.9 Å². The maximum absolute atomic E-state index is 12.5. The molecule has 2 aromatic rings. The fourth-order valence-electron chi connectivity index (χ4n) is 2.17. The van der Waals surface area contributed by atoms with Gasteiger partial charge >= 0.3 is 0 Å². The van der Waals surface area contributed by atoms with Crippen molar-refractivity contribution in [2.75, 3.05) is 27.7 Å². The van der Waals surface area contributed by atoms with Gasteiger partial charge in [-0.3, -0.25) is 9.78 Å². The Morgan fingerprint density at radius 1 is 1.08 bits per heavy atom. The number of hydrogen-bond donors (Lipinski definition) is 0. The van der Waals surface area contributed by atoms with Crippen LogP contribution in [0.1, 0.15) is 15.9 Å². The molecular weight excluding hydrogens is 326 g/mol. The molecule has 0 saturated heterocycles. The summed E-state index contributed by atoms with van der Waals surface area (Å²) >= 11 is 0. The van der Waals surface area contributed by atoms with Gasteiger partial charge in [0.25, 0.3) is 5.91 Å². The summed E-state index contributed by atoms with van der Waals surface area (Å²) in [5, 5.41) is 0. The molecule has 0 atom stereocenters. The van der Waals surface area contributed by atoms with Gasteiger partial charge in [0.1, 0.15) is 0 Å². The van der Waals surface area contributed by atoms with Gasteiger partial charge in [0.15, 0.2) is 0 Å². The van der Waals surface area contributed by atoms with E-state index in [0.29, 0.717) is 18.5 Å². The Balaban J connectivity index is 2.12. The SMILES string of the molecule is CN(CCc1ccncc1)C(=O)c1cccc(S(=O)(=O)N(C)C)c1. The van der Waals surface area contributed by atoms with E-state index in [0.717, 1.165) is 9.87 Å². The molecule has 0 fully saturated rings. The molecule has 1 aromatic heterocycles. The van der Waals surface area contributed by atoms with Gasteiger partial charge < -0.3 is 4.90 Å². The topological polar surface area (TPSA) is 70.6 Å². The fourth-order valence-corrected chi connectivity index (χ4v) is 3.12. The third-order valence-electron chi connectivity index (χ3n) is 3.69. The van der Waals surface area contributed by atoms with Crippen LogP contribution in [-0.2, 0) is 16.4 Å². The van der Waals surface area contributed by atoms with E-state index in [2.05, 4.69) is 4.98 Å². The molecule has 0 aliphatic carbocycles. The van der Waals surface area contributed by atoms with Gasteiger partial charge in [0, 0.05) is 45.6 Å². The van der Waals surface area contributed by atoms with E-state index in [1.54, 1.807) is 36.5 Å². The second-order valence-electron chi connectivity index (χ2n) is 5.65. The molecule has 0 unspecified atom stereocenters. The number of sulfonamides is 1. The van der Waals surface area contributed by atoms with Crippen LogP contribution in [0.15, 0.2) is 53.7 Å². The van der Waals surface area contributed by atoms with Gasteiger partial charge in [-0.05, 0) is 42.3 Å². The number of aromatic nitrogens is 1. The van der Waals surface area contributed by atoms with E-state index in [1.807, 2.05) is 12.1 Å². The van der Waals surface area contributed by atoms with Crippen molar-refractivity contribution in [2.24, 2.45) is 0 Å². The van der Waals surface area contributed by atoms with Crippen LogP contribution >= 0.6 is 0 Å². The molecule has 1 amide bonds. The van der Waals surface area contributed by atoms with Gasteiger partial charge in [-0.15, -0.1) is 0 Å². The molecule has 0 aliphatic rings. The number of benzene rings is 1. The van der Waals surface area contributed by atoms with Crippen LogP contribution in [0.3, 0.4) is 0 Å². The van der Waals surface area contributed by atoms with E-state index in [4.69, 9.17) is 0 Å². The molecule has 128 valence electrons. The Kier molecular flexibility index (Phi) is 5.69. The Morgan fingerprint density at radius 3 is 2.38 bits per heavy atom. The van der Waals surface area contributed by atoms with Gasteiger partial charge in [-0.2, -0.15) is 0 Å². The van der Waals surface area contributed by atoms with E-state index < -0.39 is 10.0 Å². The zero-order chi connectivity index (χ0) is 17.7. The number of rotatable bonds is 6. The molecule has 0 bridgehead atoms. The number of nitrogens with zero attached hydrogens (tertiary/aromatic N) is 3. The number of likely N-dealkylation sites (N-methyl/N-ethyl adjacent to an activating group) is 1. The van der Waals surface area contributed by atoms with Gasteiger partial charge in [0.2, 0.25) is 10.0 Å². The zero-order valence-corrected chi connectivity index (χ0v) is 14.8. The highest BCUT2D eigenvalue weighted by molar-refractivity contribution is 7.89. The molecular formula is C17H21N3O3S.